The Morgan fingerprint density at radius 2 is 2.04 bits per heavy atom. The molecule has 1 aromatic carbocycles. The number of fused-ring (bicyclic) bond motifs is 1. The van der Waals surface area contributed by atoms with Gasteiger partial charge < -0.3 is 14.4 Å². The largest absolute Gasteiger partial charge is 0.454 e. The second-order valence-electron chi connectivity index (χ2n) is 6.51. The number of amides is 3. The Hall–Kier alpha value is -2.55. The minimum Gasteiger partial charge on any atom is -0.454 e. The van der Waals surface area contributed by atoms with Crippen LogP contribution in [0, 0.1) is 0 Å². The van der Waals surface area contributed by atoms with Crippen molar-refractivity contribution in [1.29, 1.82) is 0 Å². The molecule has 8 nitrogen and oxygen atoms in total. The lowest BCUT2D eigenvalue weighted by Crippen LogP contribution is -2.47. The van der Waals surface area contributed by atoms with Crippen molar-refractivity contribution in [3.8, 4) is 0 Å². The second kappa shape index (κ2) is 6.88. The lowest BCUT2D eigenvalue weighted by Gasteiger charge is -2.33. The van der Waals surface area contributed by atoms with Crippen molar-refractivity contribution in [1.82, 2.24) is 9.80 Å². The highest BCUT2D eigenvalue weighted by Gasteiger charge is 2.57. The number of ether oxygens (including phenoxy) is 2. The smallest absolute Gasteiger partial charge is 0.416 e. The van der Waals surface area contributed by atoms with E-state index in [1.54, 1.807) is 16.7 Å². The van der Waals surface area contributed by atoms with Gasteiger partial charge in [-0.15, -0.1) is 11.8 Å². The highest BCUT2D eigenvalue weighted by atomic mass is 32.2. The summed E-state index contributed by atoms with van der Waals surface area (Å²) in [5.74, 6) is -0.949. The predicted molar refractivity (Wildman–Crippen MR) is 94.5 cm³/mol. The summed E-state index contributed by atoms with van der Waals surface area (Å²) in [4.78, 5) is 50.5. The number of nitrogens with zero attached hydrogens (tertiary/aromatic N) is 2. The molecule has 3 heterocycles. The van der Waals surface area contributed by atoms with E-state index in [9.17, 15) is 19.2 Å². The van der Waals surface area contributed by atoms with Gasteiger partial charge in [0.15, 0.2) is 6.61 Å². The summed E-state index contributed by atoms with van der Waals surface area (Å²) in [6, 6.07) is 8.88. The third-order valence-corrected chi connectivity index (χ3v) is 6.62. The minimum atomic E-state index is -0.747. The lowest BCUT2D eigenvalue weighted by atomic mass is 10.0. The molecule has 3 saturated heterocycles. The Morgan fingerprint density at radius 1 is 1.26 bits per heavy atom. The van der Waals surface area contributed by atoms with Crippen molar-refractivity contribution in [2.75, 3.05) is 25.5 Å². The average Bonchev–Trinajstić information content (AvgIpc) is 3.36. The van der Waals surface area contributed by atoms with E-state index >= 15 is 0 Å². The summed E-state index contributed by atoms with van der Waals surface area (Å²) in [5.41, 5.74) is 0.979. The summed E-state index contributed by atoms with van der Waals surface area (Å²) in [6.45, 7) is -0.259. The van der Waals surface area contributed by atoms with Crippen LogP contribution in [0.25, 0.3) is 0 Å². The number of hydrogen-bond acceptors (Lipinski definition) is 7. The van der Waals surface area contributed by atoms with Gasteiger partial charge in [0.25, 0.3) is 5.91 Å². The highest BCUT2D eigenvalue weighted by molar-refractivity contribution is 8.00. The number of hydrogen-bond donors (Lipinski definition) is 0. The molecule has 2 atom stereocenters. The number of benzene rings is 1. The zero-order chi connectivity index (χ0) is 19.0. The van der Waals surface area contributed by atoms with Crippen molar-refractivity contribution >= 4 is 35.6 Å². The number of cyclic esters (lactones) is 1. The molecule has 3 amide bonds. The summed E-state index contributed by atoms with van der Waals surface area (Å²) in [7, 11) is 0. The average molecular weight is 390 g/mol. The van der Waals surface area contributed by atoms with Gasteiger partial charge in [-0.2, -0.15) is 0 Å². The fourth-order valence-electron chi connectivity index (χ4n) is 3.74. The molecule has 0 aromatic heterocycles. The van der Waals surface area contributed by atoms with Gasteiger partial charge in [0.2, 0.25) is 5.91 Å². The van der Waals surface area contributed by atoms with E-state index in [1.165, 1.54) is 0 Å². The van der Waals surface area contributed by atoms with Crippen LogP contribution in [0.3, 0.4) is 0 Å². The quantitative estimate of drug-likeness (QED) is 0.711. The first-order valence-corrected chi connectivity index (χ1v) is 9.67. The first-order valence-electron chi connectivity index (χ1n) is 8.68. The maximum atomic E-state index is 12.6. The van der Waals surface area contributed by atoms with Crippen LogP contribution in [0.1, 0.15) is 18.4 Å². The van der Waals surface area contributed by atoms with Crippen LogP contribution in [-0.4, -0.2) is 65.2 Å². The first kappa shape index (κ1) is 17.8. The fraction of sp³-hybridized carbons (Fsp3) is 0.444. The number of esters is 1. The van der Waals surface area contributed by atoms with Crippen LogP contribution in [0.5, 0.6) is 0 Å². The number of carbonyl (C=O) groups is 4. The van der Waals surface area contributed by atoms with Crippen molar-refractivity contribution in [2.45, 2.75) is 23.8 Å². The van der Waals surface area contributed by atoms with Crippen molar-refractivity contribution in [3.05, 3.63) is 35.9 Å². The van der Waals surface area contributed by atoms with Gasteiger partial charge in [0.05, 0.1) is 6.54 Å². The van der Waals surface area contributed by atoms with Crippen LogP contribution >= 0.6 is 11.8 Å². The van der Waals surface area contributed by atoms with E-state index in [4.69, 9.17) is 9.47 Å². The van der Waals surface area contributed by atoms with Gasteiger partial charge in [-0.3, -0.25) is 9.59 Å². The molecule has 3 aliphatic heterocycles. The maximum absolute atomic E-state index is 12.6. The molecule has 27 heavy (non-hydrogen) atoms. The number of carbonyl (C=O) groups excluding carboxylic acids is 4. The number of thioether (sulfide) groups is 1. The molecule has 0 spiro atoms. The van der Waals surface area contributed by atoms with Crippen molar-refractivity contribution in [3.63, 3.8) is 0 Å². The molecule has 3 aliphatic rings. The van der Waals surface area contributed by atoms with Crippen molar-refractivity contribution < 1.29 is 28.7 Å². The first-order chi connectivity index (χ1) is 13.0. The highest BCUT2D eigenvalue weighted by Crippen LogP contribution is 2.54. The summed E-state index contributed by atoms with van der Waals surface area (Å²) in [5, 5.41) is 0. The molecule has 0 N–H and O–H groups in total. The topological polar surface area (TPSA) is 93.2 Å². The van der Waals surface area contributed by atoms with Crippen molar-refractivity contribution in [2.24, 2.45) is 0 Å². The van der Waals surface area contributed by atoms with Crippen LogP contribution < -0.4 is 0 Å². The molecule has 3 fully saturated rings. The van der Waals surface area contributed by atoms with Gasteiger partial charge in [0, 0.05) is 12.2 Å². The van der Waals surface area contributed by atoms with Crippen LogP contribution in [0.2, 0.25) is 0 Å². The van der Waals surface area contributed by atoms with Crippen LogP contribution in [-0.2, 0) is 28.7 Å². The molecular formula is C18H18N2O6S. The van der Waals surface area contributed by atoms with E-state index < -0.39 is 35.5 Å². The Morgan fingerprint density at radius 3 is 2.74 bits per heavy atom. The van der Waals surface area contributed by atoms with Crippen LogP contribution in [0.4, 0.5) is 4.79 Å². The molecule has 142 valence electrons. The molecular weight excluding hydrogens is 372 g/mol. The third kappa shape index (κ3) is 2.95. The minimum absolute atomic E-state index is 0.0970. The maximum Gasteiger partial charge on any atom is 0.416 e. The molecule has 1 aromatic rings. The summed E-state index contributed by atoms with van der Waals surface area (Å²) in [6.07, 6.45) is 0.262. The predicted octanol–water partition coefficient (Wildman–Crippen LogP) is 1.10. The SMILES string of the molecule is O=C(OCC(=O)N1CCOC1=O)[C@@H]1CS[C@]2(c3ccccc3)CCC(=O)N12. The molecule has 0 bridgehead atoms. The number of rotatable bonds is 4. The van der Waals surface area contributed by atoms with E-state index in [0.717, 1.165) is 10.5 Å². The van der Waals surface area contributed by atoms with E-state index in [-0.39, 0.29) is 19.1 Å². The Labute approximate surface area is 159 Å². The van der Waals surface area contributed by atoms with Crippen LogP contribution in [0.15, 0.2) is 30.3 Å². The summed E-state index contributed by atoms with van der Waals surface area (Å²) < 4.78 is 9.84. The van der Waals surface area contributed by atoms with E-state index in [2.05, 4.69) is 0 Å². The molecule has 0 radical (unpaired) electrons. The Bertz CT molecular complexity index is 800. The van der Waals surface area contributed by atoms with Gasteiger partial charge in [0.1, 0.15) is 17.5 Å². The molecule has 9 heteroatoms. The van der Waals surface area contributed by atoms with E-state index in [1.807, 2.05) is 30.3 Å². The number of imide groups is 1. The monoisotopic (exact) mass is 390 g/mol. The zero-order valence-electron chi connectivity index (χ0n) is 14.5. The lowest BCUT2D eigenvalue weighted by molar-refractivity contribution is -0.157. The normalized spacial score (nSPS) is 26.9. The molecule has 0 unspecified atom stereocenters. The fourth-order valence-corrected chi connectivity index (χ4v) is 5.38. The third-order valence-electron chi connectivity index (χ3n) is 5.02. The standard InChI is InChI=1S/C18H18N2O6S/c21-14-6-7-18(12-4-2-1-3-5-12)20(14)13(11-27-18)16(23)26-10-15(22)19-8-9-25-17(19)24/h1-5,13H,6-11H2/t13-,18-/m0/s1. The van der Waals surface area contributed by atoms with Gasteiger partial charge in [-0.1, -0.05) is 30.3 Å². The molecule has 0 saturated carbocycles. The molecule has 4 rings (SSSR count). The zero-order valence-corrected chi connectivity index (χ0v) is 15.3. The van der Waals surface area contributed by atoms with E-state index in [0.29, 0.717) is 18.6 Å². The Kier molecular flexibility index (Phi) is 4.55. The second-order valence-corrected chi connectivity index (χ2v) is 7.81. The Balaban J connectivity index is 1.46. The van der Waals surface area contributed by atoms with Gasteiger partial charge in [-0.25, -0.2) is 14.5 Å². The summed E-state index contributed by atoms with van der Waals surface area (Å²) >= 11 is 1.55. The van der Waals surface area contributed by atoms with Gasteiger partial charge in [-0.05, 0) is 12.0 Å². The molecule has 0 aliphatic carbocycles. The van der Waals surface area contributed by atoms with Gasteiger partial charge >= 0.3 is 12.1 Å².